The third kappa shape index (κ3) is 7.61. The number of unbranched alkanes of at least 4 members (excludes halogenated alkanes) is 3. The van der Waals surface area contributed by atoms with Gasteiger partial charge in [-0.1, -0.05) is 12.8 Å². The van der Waals surface area contributed by atoms with Crippen LogP contribution in [0.1, 0.15) is 44.9 Å². The van der Waals surface area contributed by atoms with Crippen LogP contribution in [-0.4, -0.2) is 48.3 Å². The Bertz CT molecular complexity index is 1300. The second kappa shape index (κ2) is 13.2. The van der Waals surface area contributed by atoms with Crippen molar-refractivity contribution < 1.29 is 14.8 Å². The highest BCUT2D eigenvalue weighted by atomic mass is 16.5. The van der Waals surface area contributed by atoms with Gasteiger partial charge in [0.1, 0.15) is 12.0 Å². The summed E-state index contributed by atoms with van der Waals surface area (Å²) in [6.45, 7) is 1.56. The number of carbonyl (C=O) groups excluding carboxylic acids is 2. The molecule has 11 heteroatoms. The maximum Gasteiger partial charge on any atom is 0.243 e. The Morgan fingerprint density at radius 2 is 1.68 bits per heavy atom. The van der Waals surface area contributed by atoms with Crippen LogP contribution < -0.4 is 16.1 Å². The van der Waals surface area contributed by atoms with Gasteiger partial charge in [-0.2, -0.15) is 5.10 Å². The highest BCUT2D eigenvalue weighted by Crippen LogP contribution is 2.24. The number of anilines is 2. The fourth-order valence-electron chi connectivity index (χ4n) is 4.06. The summed E-state index contributed by atoms with van der Waals surface area (Å²) < 4.78 is 1.92. The van der Waals surface area contributed by atoms with Gasteiger partial charge in [-0.3, -0.25) is 19.5 Å². The van der Waals surface area contributed by atoms with E-state index in [2.05, 4.69) is 30.7 Å². The molecule has 0 radical (unpaired) electrons. The Morgan fingerprint density at radius 1 is 0.919 bits per heavy atom. The summed E-state index contributed by atoms with van der Waals surface area (Å²) in [6.07, 6.45) is 12.1. The summed E-state index contributed by atoms with van der Waals surface area (Å²) in [7, 11) is 0. The first kappa shape index (κ1) is 25.8. The number of nitrogens with zero attached hydrogens (tertiary/aromatic N) is 4. The number of aryl methyl sites for hydroxylation is 1. The maximum absolute atomic E-state index is 12.1. The first-order chi connectivity index (χ1) is 18.1. The van der Waals surface area contributed by atoms with Crippen LogP contribution in [0.5, 0.6) is 0 Å². The summed E-state index contributed by atoms with van der Waals surface area (Å²) in [6, 6.07) is 9.64. The van der Waals surface area contributed by atoms with Gasteiger partial charge < -0.3 is 15.6 Å². The molecule has 2 amide bonds. The quantitative estimate of drug-likeness (QED) is 0.0985. The molecule has 194 valence electrons. The average Bonchev–Trinajstić information content (AvgIpc) is 3.59. The third-order valence-corrected chi connectivity index (χ3v) is 6.00. The van der Waals surface area contributed by atoms with E-state index in [1.165, 1.54) is 0 Å². The van der Waals surface area contributed by atoms with Gasteiger partial charge in [0.05, 0.1) is 11.9 Å². The van der Waals surface area contributed by atoms with Gasteiger partial charge in [-0.05, 0) is 49.6 Å². The minimum absolute atomic E-state index is 0.0217. The molecule has 11 nitrogen and oxygen atoms in total. The number of carbonyl (C=O) groups is 2. The van der Waals surface area contributed by atoms with Crippen LogP contribution in [0.4, 0.5) is 11.4 Å². The van der Waals surface area contributed by atoms with Crippen molar-refractivity contribution >= 4 is 34.2 Å². The molecule has 0 spiro atoms. The van der Waals surface area contributed by atoms with E-state index in [0.29, 0.717) is 19.3 Å². The van der Waals surface area contributed by atoms with Crippen LogP contribution in [0.3, 0.4) is 0 Å². The second-order valence-electron chi connectivity index (χ2n) is 8.81. The number of rotatable bonds is 14. The Balaban J connectivity index is 1.13. The van der Waals surface area contributed by atoms with Crippen molar-refractivity contribution in [2.24, 2.45) is 0 Å². The number of benzene rings is 1. The summed E-state index contributed by atoms with van der Waals surface area (Å²) in [4.78, 5) is 34.8. The second-order valence-corrected chi connectivity index (χ2v) is 8.81. The van der Waals surface area contributed by atoms with E-state index >= 15 is 0 Å². The molecule has 1 aromatic carbocycles. The number of aromatic amines is 1. The highest BCUT2D eigenvalue weighted by Gasteiger charge is 2.09. The van der Waals surface area contributed by atoms with Gasteiger partial charge in [-0.15, -0.1) is 0 Å². The van der Waals surface area contributed by atoms with Crippen LogP contribution in [0, 0.1) is 0 Å². The zero-order valence-electron chi connectivity index (χ0n) is 20.6. The SMILES string of the molecule is O=C(CCCCCCC(=O)Nc1ccc(NCCCn2cc(-c3ncnc4[nH]ccc34)cn2)cc1)NO. The summed E-state index contributed by atoms with van der Waals surface area (Å²) >= 11 is 0. The minimum atomic E-state index is -0.375. The van der Waals surface area contributed by atoms with Crippen molar-refractivity contribution in [3.05, 3.63) is 55.2 Å². The van der Waals surface area contributed by atoms with E-state index < -0.39 is 0 Å². The van der Waals surface area contributed by atoms with E-state index in [1.54, 1.807) is 11.8 Å². The van der Waals surface area contributed by atoms with E-state index in [-0.39, 0.29) is 11.8 Å². The number of amides is 2. The molecule has 37 heavy (non-hydrogen) atoms. The molecule has 0 bridgehead atoms. The van der Waals surface area contributed by atoms with Gasteiger partial charge in [0.25, 0.3) is 0 Å². The topological polar surface area (TPSA) is 150 Å². The van der Waals surface area contributed by atoms with Gasteiger partial charge in [-0.25, -0.2) is 15.4 Å². The first-order valence-electron chi connectivity index (χ1n) is 12.5. The normalized spacial score (nSPS) is 10.9. The number of aromatic nitrogens is 5. The third-order valence-electron chi connectivity index (χ3n) is 6.00. The van der Waals surface area contributed by atoms with E-state index in [4.69, 9.17) is 5.21 Å². The molecule has 4 rings (SSSR count). The molecular weight excluding hydrogens is 472 g/mol. The van der Waals surface area contributed by atoms with Crippen molar-refractivity contribution in [2.45, 2.75) is 51.5 Å². The average molecular weight is 505 g/mol. The van der Waals surface area contributed by atoms with E-state index in [0.717, 1.165) is 72.4 Å². The lowest BCUT2D eigenvalue weighted by molar-refractivity contribution is -0.129. The lowest BCUT2D eigenvalue weighted by atomic mass is 10.1. The number of fused-ring (bicyclic) bond motifs is 1. The minimum Gasteiger partial charge on any atom is -0.385 e. The lowest BCUT2D eigenvalue weighted by Gasteiger charge is -2.09. The number of hydroxylamine groups is 1. The molecule has 0 aliphatic rings. The zero-order valence-corrected chi connectivity index (χ0v) is 20.6. The summed E-state index contributed by atoms with van der Waals surface area (Å²) in [5.74, 6) is -0.396. The van der Waals surface area contributed by atoms with Crippen LogP contribution in [0.25, 0.3) is 22.3 Å². The van der Waals surface area contributed by atoms with E-state index in [9.17, 15) is 9.59 Å². The van der Waals surface area contributed by atoms with Gasteiger partial charge in [0, 0.05) is 60.6 Å². The largest absolute Gasteiger partial charge is 0.385 e. The smallest absolute Gasteiger partial charge is 0.243 e. The molecule has 3 aromatic heterocycles. The molecule has 0 saturated heterocycles. The standard InChI is InChI=1S/C26H32N8O3/c35-23(6-3-1-2-4-7-24(36)33-37)32-21-10-8-20(9-11-21)27-13-5-15-34-17-19(16-31-34)25-22-12-14-28-26(22)30-18-29-25/h8-12,14,16-18,27,37H,1-7,13,15H2,(H,32,35)(H,33,36)(H,28,29,30). The molecule has 0 fully saturated rings. The van der Waals surface area contributed by atoms with Crippen molar-refractivity contribution in [3.63, 3.8) is 0 Å². The monoisotopic (exact) mass is 504 g/mol. The molecule has 4 aromatic rings. The first-order valence-corrected chi connectivity index (χ1v) is 12.5. The fourth-order valence-corrected chi connectivity index (χ4v) is 4.06. The molecule has 0 aliphatic carbocycles. The molecule has 0 aliphatic heterocycles. The number of hydrogen-bond donors (Lipinski definition) is 5. The van der Waals surface area contributed by atoms with Crippen molar-refractivity contribution in [3.8, 4) is 11.3 Å². The Labute approximate surface area is 214 Å². The number of H-pyrrole nitrogens is 1. The number of nitrogens with one attached hydrogen (secondary N) is 4. The predicted octanol–water partition coefficient (Wildman–Crippen LogP) is 4.11. The molecule has 3 heterocycles. The Hall–Kier alpha value is -4.25. The Morgan fingerprint density at radius 3 is 2.46 bits per heavy atom. The summed E-state index contributed by atoms with van der Waals surface area (Å²) in [5, 5.41) is 20.2. The van der Waals surface area contributed by atoms with Crippen LogP contribution in [-0.2, 0) is 16.1 Å². The molecule has 5 N–H and O–H groups in total. The fraction of sp³-hybridized carbons (Fsp3) is 0.346. The molecule has 0 atom stereocenters. The zero-order chi connectivity index (χ0) is 25.9. The van der Waals surface area contributed by atoms with Crippen molar-refractivity contribution in [1.82, 2.24) is 30.2 Å². The highest BCUT2D eigenvalue weighted by molar-refractivity contribution is 5.91. The molecule has 0 saturated carbocycles. The van der Waals surface area contributed by atoms with Crippen molar-refractivity contribution in [2.75, 3.05) is 17.2 Å². The van der Waals surface area contributed by atoms with Gasteiger partial charge >= 0.3 is 0 Å². The maximum atomic E-state index is 12.1. The Kier molecular flexibility index (Phi) is 9.19. The number of hydrogen-bond acceptors (Lipinski definition) is 7. The molecular formula is C26H32N8O3. The van der Waals surface area contributed by atoms with E-state index in [1.807, 2.05) is 53.6 Å². The summed E-state index contributed by atoms with van der Waals surface area (Å²) in [5.41, 5.74) is 6.02. The van der Waals surface area contributed by atoms with Crippen molar-refractivity contribution in [1.29, 1.82) is 0 Å². The van der Waals surface area contributed by atoms with Gasteiger partial charge in [0.2, 0.25) is 11.8 Å². The van der Waals surface area contributed by atoms with Gasteiger partial charge in [0.15, 0.2) is 0 Å². The van der Waals surface area contributed by atoms with Crippen LogP contribution in [0.15, 0.2) is 55.2 Å². The van der Waals surface area contributed by atoms with Crippen LogP contribution in [0.2, 0.25) is 0 Å². The van der Waals surface area contributed by atoms with Crippen LogP contribution >= 0.6 is 0 Å². The predicted molar refractivity (Wildman–Crippen MR) is 141 cm³/mol. The lowest BCUT2D eigenvalue weighted by Crippen LogP contribution is -2.17. The molecule has 0 unspecified atom stereocenters.